The van der Waals surface area contributed by atoms with Gasteiger partial charge in [-0.1, -0.05) is 24.3 Å². The van der Waals surface area contributed by atoms with Gasteiger partial charge < -0.3 is 24.3 Å². The molecule has 5 rings (SSSR count). The molecule has 1 unspecified atom stereocenters. The fraction of sp³-hybridized carbons (Fsp3) is 0.500. The molecule has 7 nitrogen and oxygen atoms in total. The van der Waals surface area contributed by atoms with E-state index in [1.54, 1.807) is 0 Å². The normalized spacial score (nSPS) is 16.1. The molecule has 202 valence electrons. The van der Waals surface area contributed by atoms with Gasteiger partial charge in [-0.2, -0.15) is 0 Å². The Kier molecular flexibility index (Phi) is 10.2. The lowest BCUT2D eigenvalue weighted by atomic mass is 9.91. The molecule has 0 aliphatic carbocycles. The van der Waals surface area contributed by atoms with Crippen molar-refractivity contribution < 1.29 is 4.74 Å². The Morgan fingerprint density at radius 3 is 2.41 bits per heavy atom. The molecule has 2 aromatic carbocycles. The highest BCUT2D eigenvalue weighted by atomic mass is 35.5. The summed E-state index contributed by atoms with van der Waals surface area (Å²) in [5, 5.41) is 0. The maximum Gasteiger partial charge on any atom is 0.173 e. The topological polar surface area (TPSA) is 48.0 Å². The van der Waals surface area contributed by atoms with Crippen LogP contribution in [0.3, 0.4) is 0 Å². The Hall–Kier alpha value is -2.32. The first-order chi connectivity index (χ1) is 17.0. The first-order valence-electron chi connectivity index (χ1n) is 12.8. The molecular weight excluding hydrogens is 507 g/mol. The van der Waals surface area contributed by atoms with E-state index < -0.39 is 0 Å². The van der Waals surface area contributed by atoms with Gasteiger partial charge in [0, 0.05) is 32.2 Å². The number of fused-ring (bicyclic) bond motifs is 6. The minimum atomic E-state index is 0. The lowest BCUT2D eigenvalue weighted by Gasteiger charge is -2.46. The zero-order valence-electron chi connectivity index (χ0n) is 22.4. The van der Waals surface area contributed by atoms with Crippen molar-refractivity contribution in [2.45, 2.75) is 25.3 Å². The van der Waals surface area contributed by atoms with E-state index in [-0.39, 0.29) is 24.8 Å². The molecule has 9 heteroatoms. The molecule has 0 radical (unpaired) electrons. The Labute approximate surface area is 233 Å². The van der Waals surface area contributed by atoms with E-state index >= 15 is 0 Å². The predicted molar refractivity (Wildman–Crippen MR) is 158 cm³/mol. The summed E-state index contributed by atoms with van der Waals surface area (Å²) in [6.07, 6.45) is 3.14. The van der Waals surface area contributed by atoms with Crippen LogP contribution >= 0.6 is 24.8 Å². The molecule has 2 aliphatic heterocycles. The highest BCUT2D eigenvalue weighted by Gasteiger charge is 2.37. The zero-order chi connectivity index (χ0) is 24.4. The third kappa shape index (κ3) is 6.58. The molecule has 1 atom stereocenters. The molecule has 0 bridgehead atoms. The molecule has 3 aromatic rings. The summed E-state index contributed by atoms with van der Waals surface area (Å²) in [7, 11) is 8.45. The van der Waals surface area contributed by atoms with E-state index in [0.717, 1.165) is 80.4 Å². The second-order valence-corrected chi connectivity index (χ2v) is 10.3. The Morgan fingerprint density at radius 2 is 1.62 bits per heavy atom. The quantitative estimate of drug-likeness (QED) is 0.361. The number of hydrogen-bond acceptors (Lipinski definition) is 7. The van der Waals surface area contributed by atoms with Gasteiger partial charge in [0.25, 0.3) is 0 Å². The largest absolute Gasteiger partial charge is 0.493 e. The molecule has 0 amide bonds. The van der Waals surface area contributed by atoms with Crippen LogP contribution in [0.2, 0.25) is 0 Å². The van der Waals surface area contributed by atoms with Crippen molar-refractivity contribution >= 4 is 47.5 Å². The lowest BCUT2D eigenvalue weighted by molar-refractivity contribution is 0.282. The van der Waals surface area contributed by atoms with Gasteiger partial charge in [-0.3, -0.25) is 0 Å². The number of ether oxygens (including phenoxy) is 1. The summed E-state index contributed by atoms with van der Waals surface area (Å²) in [5.41, 5.74) is 4.74. The van der Waals surface area contributed by atoms with Crippen LogP contribution in [-0.2, 0) is 6.42 Å². The maximum absolute atomic E-state index is 6.03. The summed E-state index contributed by atoms with van der Waals surface area (Å²) in [4.78, 5) is 19.7. The van der Waals surface area contributed by atoms with Crippen molar-refractivity contribution in [3.8, 4) is 5.75 Å². The molecule has 37 heavy (non-hydrogen) atoms. The summed E-state index contributed by atoms with van der Waals surface area (Å²) in [6, 6.07) is 15.4. The van der Waals surface area contributed by atoms with Crippen LogP contribution in [0.4, 0.5) is 11.6 Å². The van der Waals surface area contributed by atoms with E-state index in [1.807, 2.05) is 12.1 Å². The van der Waals surface area contributed by atoms with E-state index in [2.05, 4.69) is 78.1 Å². The molecule has 0 saturated heterocycles. The smallest absolute Gasteiger partial charge is 0.173 e. The maximum atomic E-state index is 6.03. The van der Waals surface area contributed by atoms with E-state index in [9.17, 15) is 0 Å². The fourth-order valence-electron chi connectivity index (χ4n) is 5.25. The average Bonchev–Trinajstić information content (AvgIpc) is 2.85. The van der Waals surface area contributed by atoms with Crippen molar-refractivity contribution in [3.63, 3.8) is 0 Å². The average molecular weight is 548 g/mol. The molecule has 0 fully saturated rings. The van der Waals surface area contributed by atoms with Crippen LogP contribution in [-0.4, -0.2) is 87.3 Å². The minimum absolute atomic E-state index is 0. The second kappa shape index (κ2) is 13.0. The standard InChI is InChI=1S/C28H38N6O.2ClH/c1-31(2)14-7-16-33-20-26-23-10-6-5-9-21(23)13-17-34(26)28-27(33)30-25-19-22(11-12-24(25)29-28)35-18-8-15-32(3)4;;/h5-6,9-12,19,26H,7-8,13-18,20H2,1-4H3;2*1H. The van der Waals surface area contributed by atoms with Gasteiger partial charge in [0.15, 0.2) is 11.6 Å². The molecule has 2 aliphatic rings. The van der Waals surface area contributed by atoms with Crippen LogP contribution in [0.1, 0.15) is 30.0 Å². The van der Waals surface area contributed by atoms with Gasteiger partial charge in [0.2, 0.25) is 0 Å². The van der Waals surface area contributed by atoms with Gasteiger partial charge >= 0.3 is 0 Å². The van der Waals surface area contributed by atoms with Crippen LogP contribution in [0.15, 0.2) is 42.5 Å². The summed E-state index contributed by atoms with van der Waals surface area (Å²) < 4.78 is 6.03. The number of nitrogens with zero attached hydrogens (tertiary/aromatic N) is 6. The summed E-state index contributed by atoms with van der Waals surface area (Å²) in [5.74, 6) is 2.90. The van der Waals surface area contributed by atoms with Crippen molar-refractivity contribution in [1.29, 1.82) is 0 Å². The van der Waals surface area contributed by atoms with Gasteiger partial charge in [0.05, 0.1) is 23.7 Å². The third-order valence-electron chi connectivity index (χ3n) is 7.03. The molecular formula is C28H40Cl2N6O. The number of anilines is 2. The Balaban J connectivity index is 0.00000190. The van der Waals surface area contributed by atoms with Gasteiger partial charge in [-0.05, 0) is 77.3 Å². The number of benzene rings is 2. The van der Waals surface area contributed by atoms with Crippen molar-refractivity contribution in [1.82, 2.24) is 19.8 Å². The molecule has 0 spiro atoms. The zero-order valence-corrected chi connectivity index (χ0v) is 24.0. The number of halogens is 2. The first kappa shape index (κ1) is 29.2. The molecule has 0 N–H and O–H groups in total. The molecule has 1 aromatic heterocycles. The highest BCUT2D eigenvalue weighted by Crippen LogP contribution is 2.42. The van der Waals surface area contributed by atoms with Crippen LogP contribution in [0.25, 0.3) is 11.0 Å². The predicted octanol–water partition coefficient (Wildman–Crippen LogP) is 4.68. The van der Waals surface area contributed by atoms with Crippen molar-refractivity contribution in [2.24, 2.45) is 0 Å². The fourth-order valence-corrected chi connectivity index (χ4v) is 5.25. The second-order valence-electron chi connectivity index (χ2n) is 10.3. The molecule has 0 saturated carbocycles. The van der Waals surface area contributed by atoms with E-state index in [1.165, 1.54) is 11.1 Å². The Bertz CT molecular complexity index is 1170. The van der Waals surface area contributed by atoms with Gasteiger partial charge in [-0.25, -0.2) is 9.97 Å². The first-order valence-corrected chi connectivity index (χ1v) is 12.8. The van der Waals surface area contributed by atoms with Crippen LogP contribution in [0.5, 0.6) is 5.75 Å². The van der Waals surface area contributed by atoms with Gasteiger partial charge in [0.1, 0.15) is 5.75 Å². The lowest BCUT2D eigenvalue weighted by Crippen LogP contribution is -2.48. The number of rotatable bonds is 9. The van der Waals surface area contributed by atoms with Crippen LogP contribution in [0, 0.1) is 0 Å². The SMILES string of the molecule is CN(C)CCCOc1ccc2nc3c(nc2c1)N(CCCN(C)C)CC1c2ccccc2CCN31.Cl.Cl. The van der Waals surface area contributed by atoms with Crippen LogP contribution < -0.4 is 14.5 Å². The van der Waals surface area contributed by atoms with Crippen molar-refractivity contribution in [3.05, 3.63) is 53.6 Å². The number of hydrogen-bond donors (Lipinski definition) is 0. The highest BCUT2D eigenvalue weighted by molar-refractivity contribution is 5.86. The molecule has 3 heterocycles. The third-order valence-corrected chi connectivity index (χ3v) is 7.03. The monoisotopic (exact) mass is 546 g/mol. The number of aromatic nitrogens is 2. The van der Waals surface area contributed by atoms with E-state index in [4.69, 9.17) is 14.7 Å². The van der Waals surface area contributed by atoms with Gasteiger partial charge in [-0.15, -0.1) is 24.8 Å². The van der Waals surface area contributed by atoms with Crippen molar-refractivity contribution in [2.75, 3.05) is 77.3 Å². The van der Waals surface area contributed by atoms with E-state index in [0.29, 0.717) is 12.6 Å². The Morgan fingerprint density at radius 1 is 0.892 bits per heavy atom. The minimum Gasteiger partial charge on any atom is -0.493 e. The summed E-state index contributed by atoms with van der Waals surface area (Å²) >= 11 is 0. The summed E-state index contributed by atoms with van der Waals surface area (Å²) in [6.45, 7) is 5.67.